The Balaban J connectivity index is 1.44. The molecule has 0 radical (unpaired) electrons. The monoisotopic (exact) mass is 344 g/mol. The molecule has 0 saturated carbocycles. The average molecular weight is 344 g/mol. The maximum absolute atomic E-state index is 11.9. The van der Waals surface area contributed by atoms with Gasteiger partial charge in [0, 0.05) is 18.4 Å². The number of benzene rings is 1. The molecule has 1 aromatic carbocycles. The number of nitrogens with one attached hydrogen (secondary N) is 2. The minimum Gasteiger partial charge on any atom is -0.461 e. The molecule has 1 unspecified atom stereocenters. The number of thiophene rings is 1. The number of aliphatic hydroxyl groups is 1. The molecule has 3 rings (SSSR count). The van der Waals surface area contributed by atoms with Gasteiger partial charge < -0.3 is 20.2 Å². The van der Waals surface area contributed by atoms with Gasteiger partial charge in [0.05, 0.1) is 6.54 Å². The summed E-state index contributed by atoms with van der Waals surface area (Å²) in [5, 5.41) is 20.7. The Morgan fingerprint density at radius 1 is 1.29 bits per heavy atom. The summed E-state index contributed by atoms with van der Waals surface area (Å²) in [6.07, 6.45) is 0.614. The highest BCUT2D eigenvalue weighted by atomic mass is 32.1. The van der Waals surface area contributed by atoms with Gasteiger partial charge in [-0.1, -0.05) is 18.2 Å². The number of hydrogen-bond donors (Lipinski definition) is 3. The first kappa shape index (κ1) is 16.5. The second-order valence-electron chi connectivity index (χ2n) is 5.90. The summed E-state index contributed by atoms with van der Waals surface area (Å²) in [4.78, 5) is 11.9. The third kappa shape index (κ3) is 3.96. The van der Waals surface area contributed by atoms with E-state index >= 15 is 0 Å². The Morgan fingerprint density at radius 2 is 2.12 bits per heavy atom. The van der Waals surface area contributed by atoms with E-state index in [1.54, 1.807) is 6.92 Å². The second-order valence-corrected chi connectivity index (χ2v) is 6.68. The van der Waals surface area contributed by atoms with E-state index in [1.807, 2.05) is 47.2 Å². The van der Waals surface area contributed by atoms with Gasteiger partial charge in [-0.05, 0) is 41.4 Å². The number of carbonyl (C=O) groups is 1. The van der Waals surface area contributed by atoms with Crippen molar-refractivity contribution >= 4 is 28.3 Å². The molecular weight excluding hydrogens is 324 g/mol. The first-order chi connectivity index (χ1) is 11.5. The summed E-state index contributed by atoms with van der Waals surface area (Å²) < 4.78 is 5.70. The first-order valence-electron chi connectivity index (χ1n) is 7.79. The van der Waals surface area contributed by atoms with Gasteiger partial charge in [0.2, 0.25) is 0 Å². The second kappa shape index (κ2) is 7.07. The van der Waals surface area contributed by atoms with Crippen LogP contribution in [0.1, 0.15) is 18.2 Å². The van der Waals surface area contributed by atoms with Gasteiger partial charge in [-0.3, -0.25) is 0 Å². The summed E-state index contributed by atoms with van der Waals surface area (Å²) in [5.41, 5.74) is 0.578. The molecule has 24 heavy (non-hydrogen) atoms. The number of rotatable bonds is 6. The fraction of sp³-hybridized carbons (Fsp3) is 0.278. The Kier molecular flexibility index (Phi) is 4.87. The highest BCUT2D eigenvalue weighted by Crippen LogP contribution is 2.22. The highest BCUT2D eigenvalue weighted by Gasteiger charge is 2.24. The van der Waals surface area contributed by atoms with Gasteiger partial charge in [-0.25, -0.2) is 4.79 Å². The van der Waals surface area contributed by atoms with Gasteiger partial charge in [0.25, 0.3) is 0 Å². The molecule has 1 atom stereocenters. The van der Waals surface area contributed by atoms with Crippen molar-refractivity contribution in [3.8, 4) is 0 Å². The van der Waals surface area contributed by atoms with E-state index in [2.05, 4.69) is 10.6 Å². The zero-order valence-electron chi connectivity index (χ0n) is 13.4. The molecule has 3 N–H and O–H groups in total. The number of amides is 2. The predicted molar refractivity (Wildman–Crippen MR) is 95.2 cm³/mol. The molecule has 6 heteroatoms. The summed E-state index contributed by atoms with van der Waals surface area (Å²) in [6, 6.07) is 11.3. The number of hydrogen-bond acceptors (Lipinski definition) is 4. The standard InChI is InChI=1S/C18H20N2O3S/c1-18(22,14-7-9-24-11-14)12-20-17(21)19-8-6-15-10-13-4-2-3-5-16(13)23-15/h2-5,7,9-11,22H,6,8,12H2,1H3,(H2,19,20,21). The van der Waals surface area contributed by atoms with E-state index in [4.69, 9.17) is 4.42 Å². The normalized spacial score (nSPS) is 13.6. The Labute approximate surface area is 144 Å². The highest BCUT2D eigenvalue weighted by molar-refractivity contribution is 7.08. The topological polar surface area (TPSA) is 74.5 Å². The SMILES string of the molecule is CC(O)(CNC(=O)NCCc1cc2ccccc2o1)c1ccsc1. The number of carbonyl (C=O) groups excluding carboxylic acids is 1. The summed E-state index contributed by atoms with van der Waals surface area (Å²) in [5.74, 6) is 0.835. The fourth-order valence-electron chi connectivity index (χ4n) is 2.45. The maximum atomic E-state index is 11.9. The van der Waals surface area contributed by atoms with Crippen LogP contribution in [0.3, 0.4) is 0 Å². The third-order valence-electron chi connectivity index (χ3n) is 3.87. The lowest BCUT2D eigenvalue weighted by Gasteiger charge is -2.22. The number of urea groups is 1. The molecule has 0 bridgehead atoms. The third-order valence-corrected chi connectivity index (χ3v) is 4.55. The Hall–Kier alpha value is -2.31. The van der Waals surface area contributed by atoms with Crippen molar-refractivity contribution in [2.24, 2.45) is 0 Å². The largest absolute Gasteiger partial charge is 0.461 e. The lowest BCUT2D eigenvalue weighted by molar-refractivity contribution is 0.0598. The molecule has 0 fully saturated rings. The zero-order valence-corrected chi connectivity index (χ0v) is 14.2. The lowest BCUT2D eigenvalue weighted by atomic mass is 9.99. The maximum Gasteiger partial charge on any atom is 0.314 e. The van der Waals surface area contributed by atoms with E-state index in [0.717, 1.165) is 22.3 Å². The van der Waals surface area contributed by atoms with Gasteiger partial charge in [0.1, 0.15) is 16.9 Å². The van der Waals surface area contributed by atoms with Crippen LogP contribution >= 0.6 is 11.3 Å². The van der Waals surface area contributed by atoms with Crippen LogP contribution in [0.4, 0.5) is 4.79 Å². The van der Waals surface area contributed by atoms with E-state index in [1.165, 1.54) is 11.3 Å². The molecule has 3 aromatic rings. The van der Waals surface area contributed by atoms with E-state index in [9.17, 15) is 9.90 Å². The predicted octanol–water partition coefficient (Wildman–Crippen LogP) is 3.24. The van der Waals surface area contributed by atoms with Gasteiger partial charge >= 0.3 is 6.03 Å². The van der Waals surface area contributed by atoms with Crippen molar-refractivity contribution in [2.45, 2.75) is 18.9 Å². The molecule has 126 valence electrons. The molecule has 0 saturated heterocycles. The minimum absolute atomic E-state index is 0.153. The van der Waals surface area contributed by atoms with Crippen molar-refractivity contribution < 1.29 is 14.3 Å². The molecule has 0 aliphatic carbocycles. The molecule has 2 aromatic heterocycles. The number of fused-ring (bicyclic) bond motifs is 1. The van der Waals surface area contributed by atoms with Crippen LogP contribution < -0.4 is 10.6 Å². The lowest BCUT2D eigenvalue weighted by Crippen LogP contribution is -2.43. The quantitative estimate of drug-likeness (QED) is 0.643. The van der Waals surface area contributed by atoms with Crippen LogP contribution in [-0.2, 0) is 12.0 Å². The van der Waals surface area contributed by atoms with Crippen LogP contribution in [0.15, 0.2) is 51.6 Å². The van der Waals surface area contributed by atoms with Gasteiger partial charge in [-0.2, -0.15) is 11.3 Å². The Bertz CT molecular complexity index is 776. The van der Waals surface area contributed by atoms with Crippen LogP contribution in [0.25, 0.3) is 11.0 Å². The minimum atomic E-state index is -1.07. The van der Waals surface area contributed by atoms with Crippen molar-refractivity contribution in [3.63, 3.8) is 0 Å². The first-order valence-corrected chi connectivity index (χ1v) is 8.73. The van der Waals surface area contributed by atoms with Gasteiger partial charge in [0.15, 0.2) is 0 Å². The zero-order chi connectivity index (χ0) is 17.0. The number of para-hydroxylation sites is 1. The molecule has 2 heterocycles. The van der Waals surface area contributed by atoms with E-state index in [-0.39, 0.29) is 12.6 Å². The fourth-order valence-corrected chi connectivity index (χ4v) is 3.23. The van der Waals surface area contributed by atoms with Crippen LogP contribution in [0.5, 0.6) is 0 Å². The van der Waals surface area contributed by atoms with Crippen LogP contribution in [-0.4, -0.2) is 24.2 Å². The Morgan fingerprint density at radius 3 is 2.88 bits per heavy atom. The van der Waals surface area contributed by atoms with Crippen LogP contribution in [0, 0.1) is 0 Å². The van der Waals surface area contributed by atoms with Gasteiger partial charge in [-0.15, -0.1) is 0 Å². The smallest absolute Gasteiger partial charge is 0.314 e. The molecule has 0 aliphatic heterocycles. The van der Waals surface area contributed by atoms with Crippen LogP contribution in [0.2, 0.25) is 0 Å². The van der Waals surface area contributed by atoms with Crippen molar-refractivity contribution in [3.05, 3.63) is 58.5 Å². The molecule has 5 nitrogen and oxygen atoms in total. The van der Waals surface area contributed by atoms with E-state index < -0.39 is 5.60 Å². The molecule has 0 spiro atoms. The average Bonchev–Trinajstić information content (AvgIpc) is 3.22. The van der Waals surface area contributed by atoms with Crippen molar-refractivity contribution in [2.75, 3.05) is 13.1 Å². The summed E-state index contributed by atoms with van der Waals surface area (Å²) in [7, 11) is 0. The van der Waals surface area contributed by atoms with E-state index in [0.29, 0.717) is 13.0 Å². The molecule has 0 aliphatic rings. The molecular formula is C18H20N2O3S. The van der Waals surface area contributed by atoms with Crippen molar-refractivity contribution in [1.82, 2.24) is 10.6 Å². The molecule has 2 amide bonds. The summed E-state index contributed by atoms with van der Waals surface area (Å²) in [6.45, 7) is 2.30. The van der Waals surface area contributed by atoms with Crippen molar-refractivity contribution in [1.29, 1.82) is 0 Å². The number of furan rings is 1. The summed E-state index contributed by atoms with van der Waals surface area (Å²) >= 11 is 1.52.